The molecule has 0 atom stereocenters. The lowest BCUT2D eigenvalue weighted by molar-refractivity contribution is -0.124. The molecule has 1 aromatic heterocycles. The molecule has 1 aliphatic heterocycles. The first-order valence-electron chi connectivity index (χ1n) is 9.90. The molecule has 25 heavy (non-hydrogen) atoms. The molecule has 1 amide bonds. The normalized spacial score (nSPS) is 36.3. The van der Waals surface area contributed by atoms with Gasteiger partial charge in [0.2, 0.25) is 5.91 Å². The van der Waals surface area contributed by atoms with Crippen molar-refractivity contribution >= 4 is 11.7 Å². The minimum Gasteiger partial charge on any atom is -0.310 e. The summed E-state index contributed by atoms with van der Waals surface area (Å²) >= 11 is 0. The van der Waals surface area contributed by atoms with Crippen LogP contribution in [0, 0.1) is 23.2 Å². The lowest BCUT2D eigenvalue weighted by Gasteiger charge is -2.56. The van der Waals surface area contributed by atoms with Crippen LogP contribution in [0.1, 0.15) is 56.2 Å². The van der Waals surface area contributed by atoms with Crippen molar-refractivity contribution in [2.24, 2.45) is 23.2 Å². The van der Waals surface area contributed by atoms with Gasteiger partial charge in [-0.05, 0) is 75.2 Å². The number of amides is 1. The predicted octanol–water partition coefficient (Wildman–Crippen LogP) is 3.01. The van der Waals surface area contributed by atoms with Gasteiger partial charge in [0.15, 0.2) is 0 Å². The lowest BCUT2D eigenvalue weighted by Crippen LogP contribution is -2.47. The van der Waals surface area contributed by atoms with E-state index in [2.05, 4.69) is 27.2 Å². The zero-order valence-corrected chi connectivity index (χ0v) is 15.1. The van der Waals surface area contributed by atoms with Gasteiger partial charge in [0.25, 0.3) is 0 Å². The topological polar surface area (TPSA) is 58.1 Å². The van der Waals surface area contributed by atoms with Crippen LogP contribution in [0.15, 0.2) is 6.33 Å². The first kappa shape index (κ1) is 15.7. The molecule has 5 heteroatoms. The van der Waals surface area contributed by atoms with Gasteiger partial charge in [0, 0.05) is 25.1 Å². The number of rotatable bonds is 3. The second-order valence-corrected chi connectivity index (χ2v) is 9.28. The van der Waals surface area contributed by atoms with E-state index in [0.717, 1.165) is 54.3 Å². The number of hydrogen-bond donors (Lipinski definition) is 1. The maximum atomic E-state index is 12.9. The Bertz CT molecular complexity index is 666. The summed E-state index contributed by atoms with van der Waals surface area (Å²) in [4.78, 5) is 23.9. The molecule has 4 bridgehead atoms. The third-order valence-electron chi connectivity index (χ3n) is 7.16. The highest BCUT2D eigenvalue weighted by atomic mass is 16.1. The average molecular weight is 340 g/mol. The second kappa shape index (κ2) is 5.76. The maximum absolute atomic E-state index is 12.9. The smallest absolute Gasteiger partial charge is 0.226 e. The van der Waals surface area contributed by atoms with E-state index in [0.29, 0.717) is 6.42 Å². The molecule has 0 unspecified atom stereocenters. The third kappa shape index (κ3) is 2.86. The molecule has 0 aromatic carbocycles. The third-order valence-corrected chi connectivity index (χ3v) is 7.16. The van der Waals surface area contributed by atoms with Gasteiger partial charge in [-0.3, -0.25) is 4.79 Å². The van der Waals surface area contributed by atoms with Gasteiger partial charge in [0.05, 0.1) is 5.69 Å². The monoisotopic (exact) mass is 340 g/mol. The van der Waals surface area contributed by atoms with Crippen LogP contribution in [-0.4, -0.2) is 34.4 Å². The van der Waals surface area contributed by atoms with E-state index in [1.807, 2.05) is 0 Å². The van der Waals surface area contributed by atoms with Gasteiger partial charge in [-0.2, -0.15) is 0 Å². The van der Waals surface area contributed by atoms with Crippen LogP contribution in [0.25, 0.3) is 0 Å². The average Bonchev–Trinajstić information content (AvgIpc) is 2.52. The Balaban J connectivity index is 1.31. The van der Waals surface area contributed by atoms with E-state index in [1.54, 1.807) is 6.33 Å². The van der Waals surface area contributed by atoms with Crippen molar-refractivity contribution in [2.75, 3.05) is 18.9 Å². The quantitative estimate of drug-likeness (QED) is 0.919. The minimum absolute atomic E-state index is 0.168. The molecule has 5 aliphatic rings. The Morgan fingerprint density at radius 1 is 1.20 bits per heavy atom. The summed E-state index contributed by atoms with van der Waals surface area (Å²) in [6, 6.07) is 0. The number of nitrogens with zero attached hydrogens (tertiary/aromatic N) is 3. The molecule has 1 N–H and O–H groups in total. The Morgan fingerprint density at radius 2 is 1.88 bits per heavy atom. The zero-order chi connectivity index (χ0) is 17.0. The SMILES string of the molecule is CN1CCc2c(ncnc2NC(=O)CC23CC4CC(CC(C4)C2)C3)C1. The largest absolute Gasteiger partial charge is 0.310 e. The molecule has 4 aliphatic carbocycles. The molecular weight excluding hydrogens is 312 g/mol. The zero-order valence-electron chi connectivity index (χ0n) is 15.1. The summed E-state index contributed by atoms with van der Waals surface area (Å²) in [5, 5.41) is 3.15. The molecule has 5 nitrogen and oxygen atoms in total. The molecule has 4 saturated carbocycles. The van der Waals surface area contributed by atoms with Gasteiger partial charge in [-0.25, -0.2) is 9.97 Å². The molecule has 0 radical (unpaired) electrons. The fourth-order valence-corrected chi connectivity index (χ4v) is 6.62. The standard InChI is InChI=1S/C20H28N4O/c1-24-3-2-16-17(11-24)21-12-22-19(16)23-18(25)10-20-7-13-4-14(8-20)6-15(5-13)9-20/h12-15H,2-11H2,1H3,(H,21,22,23,25). The Hall–Kier alpha value is -1.49. The molecule has 6 rings (SSSR count). The van der Waals surface area contributed by atoms with Crippen LogP contribution in [0.4, 0.5) is 5.82 Å². The highest BCUT2D eigenvalue weighted by Gasteiger charge is 2.51. The van der Waals surface area contributed by atoms with E-state index < -0.39 is 0 Å². The van der Waals surface area contributed by atoms with Crippen molar-refractivity contribution in [3.8, 4) is 0 Å². The van der Waals surface area contributed by atoms with Crippen molar-refractivity contribution in [2.45, 2.75) is 57.9 Å². The molecule has 0 spiro atoms. The van der Waals surface area contributed by atoms with Crippen molar-refractivity contribution in [3.63, 3.8) is 0 Å². The van der Waals surface area contributed by atoms with E-state index in [-0.39, 0.29) is 11.3 Å². The first-order chi connectivity index (χ1) is 12.1. The molecule has 134 valence electrons. The van der Waals surface area contributed by atoms with Gasteiger partial charge < -0.3 is 10.2 Å². The number of likely N-dealkylation sites (N-methyl/N-ethyl adjacent to an activating group) is 1. The molecule has 1 aromatic rings. The molecule has 0 saturated heterocycles. The second-order valence-electron chi connectivity index (χ2n) is 9.28. The Labute approximate surface area is 149 Å². The first-order valence-corrected chi connectivity index (χ1v) is 9.90. The number of hydrogen-bond acceptors (Lipinski definition) is 4. The summed E-state index contributed by atoms with van der Waals surface area (Å²) in [6.07, 6.45) is 11.3. The van der Waals surface area contributed by atoms with Gasteiger partial charge >= 0.3 is 0 Å². The van der Waals surface area contributed by atoms with E-state index in [4.69, 9.17) is 0 Å². The summed E-state index contributed by atoms with van der Waals surface area (Å²) in [5.74, 6) is 3.60. The summed E-state index contributed by atoms with van der Waals surface area (Å²) < 4.78 is 0. The minimum atomic E-state index is 0.168. The predicted molar refractivity (Wildman–Crippen MR) is 95.9 cm³/mol. The van der Waals surface area contributed by atoms with Crippen molar-refractivity contribution < 1.29 is 4.79 Å². The summed E-state index contributed by atoms with van der Waals surface area (Å²) in [6.45, 7) is 1.84. The van der Waals surface area contributed by atoms with Crippen LogP contribution in [0.2, 0.25) is 0 Å². The number of fused-ring (bicyclic) bond motifs is 1. The number of nitrogens with one attached hydrogen (secondary N) is 1. The lowest BCUT2D eigenvalue weighted by atomic mass is 9.49. The maximum Gasteiger partial charge on any atom is 0.226 e. The van der Waals surface area contributed by atoms with Crippen LogP contribution in [0.3, 0.4) is 0 Å². The molecule has 2 heterocycles. The van der Waals surface area contributed by atoms with E-state index >= 15 is 0 Å². The number of carbonyl (C=O) groups is 1. The van der Waals surface area contributed by atoms with Crippen LogP contribution >= 0.6 is 0 Å². The van der Waals surface area contributed by atoms with Crippen molar-refractivity contribution in [3.05, 3.63) is 17.6 Å². The number of aromatic nitrogens is 2. The highest BCUT2D eigenvalue weighted by molar-refractivity contribution is 5.91. The van der Waals surface area contributed by atoms with E-state index in [1.165, 1.54) is 38.5 Å². The summed E-state index contributed by atoms with van der Waals surface area (Å²) in [5.41, 5.74) is 2.49. The Kier molecular flexibility index (Phi) is 3.63. The van der Waals surface area contributed by atoms with Gasteiger partial charge in [-0.15, -0.1) is 0 Å². The number of carbonyl (C=O) groups excluding carboxylic acids is 1. The van der Waals surface area contributed by atoms with Crippen LogP contribution < -0.4 is 5.32 Å². The van der Waals surface area contributed by atoms with Crippen molar-refractivity contribution in [1.82, 2.24) is 14.9 Å². The van der Waals surface area contributed by atoms with Crippen LogP contribution in [-0.2, 0) is 17.8 Å². The van der Waals surface area contributed by atoms with Gasteiger partial charge in [-0.1, -0.05) is 0 Å². The highest BCUT2D eigenvalue weighted by Crippen LogP contribution is 2.61. The van der Waals surface area contributed by atoms with Crippen molar-refractivity contribution in [1.29, 1.82) is 0 Å². The summed E-state index contributed by atoms with van der Waals surface area (Å²) in [7, 11) is 2.11. The fraction of sp³-hybridized carbons (Fsp3) is 0.750. The number of anilines is 1. The molecule has 4 fully saturated rings. The van der Waals surface area contributed by atoms with Crippen LogP contribution in [0.5, 0.6) is 0 Å². The van der Waals surface area contributed by atoms with Gasteiger partial charge in [0.1, 0.15) is 12.1 Å². The molecular formula is C20H28N4O. The fourth-order valence-electron chi connectivity index (χ4n) is 6.62. The van der Waals surface area contributed by atoms with E-state index in [9.17, 15) is 4.79 Å². The Morgan fingerprint density at radius 3 is 2.56 bits per heavy atom.